The van der Waals surface area contributed by atoms with Crippen molar-refractivity contribution in [3.8, 4) is 0 Å². The fourth-order valence-corrected chi connectivity index (χ4v) is 2.26. The summed E-state index contributed by atoms with van der Waals surface area (Å²) < 4.78 is 0. The van der Waals surface area contributed by atoms with Gasteiger partial charge < -0.3 is 20.4 Å². The number of likely N-dealkylation sites (N-methyl/N-ethyl adjacent to an activating group) is 1. The van der Waals surface area contributed by atoms with Crippen molar-refractivity contribution in [3.63, 3.8) is 0 Å². The van der Waals surface area contributed by atoms with Gasteiger partial charge in [0.05, 0.1) is 28.4 Å². The number of benzene rings is 1. The number of urea groups is 1. The van der Waals surface area contributed by atoms with Gasteiger partial charge >= 0.3 is 12.0 Å². The van der Waals surface area contributed by atoms with Gasteiger partial charge in [0.2, 0.25) is 0 Å². The van der Waals surface area contributed by atoms with Crippen molar-refractivity contribution >= 4 is 40.9 Å². The Morgan fingerprint density at radius 1 is 1.33 bits per heavy atom. The molecule has 0 heterocycles. The fraction of sp³-hybridized carbons (Fsp3) is 0.385. The van der Waals surface area contributed by atoms with Crippen molar-refractivity contribution in [2.45, 2.75) is 19.4 Å². The van der Waals surface area contributed by atoms with Crippen molar-refractivity contribution in [2.24, 2.45) is 0 Å². The van der Waals surface area contributed by atoms with E-state index >= 15 is 0 Å². The number of nitrogens with one attached hydrogen (secondary N) is 1. The van der Waals surface area contributed by atoms with E-state index in [1.165, 1.54) is 24.1 Å². The minimum atomic E-state index is -1.26. The Hall–Kier alpha value is -1.50. The van der Waals surface area contributed by atoms with Gasteiger partial charge in [-0.3, -0.25) is 0 Å². The molecule has 0 aliphatic heterocycles. The molecular formula is C13H16Cl2N2O4. The predicted octanol–water partition coefficient (Wildman–Crippen LogP) is 2.93. The first-order valence-electron chi connectivity index (χ1n) is 5.98. The zero-order chi connectivity index (χ0) is 16.4. The number of carbonyl (C=O) groups excluding carboxylic acids is 1. The fourth-order valence-electron chi connectivity index (χ4n) is 1.72. The van der Waals surface area contributed by atoms with Crippen molar-refractivity contribution in [2.75, 3.05) is 18.9 Å². The first-order chi connectivity index (χ1) is 9.51. The number of hydrogen-bond donors (Lipinski definition) is 3. The lowest BCUT2D eigenvalue weighted by Gasteiger charge is -2.26. The molecule has 8 heteroatoms. The van der Waals surface area contributed by atoms with E-state index in [0.717, 1.165) is 0 Å². The van der Waals surface area contributed by atoms with Gasteiger partial charge in [0, 0.05) is 12.1 Å². The number of carbonyl (C=O) groups is 2. The van der Waals surface area contributed by atoms with Crippen molar-refractivity contribution in [1.82, 2.24) is 4.90 Å². The van der Waals surface area contributed by atoms with Gasteiger partial charge in [-0.15, -0.1) is 0 Å². The van der Waals surface area contributed by atoms with E-state index in [9.17, 15) is 14.7 Å². The van der Waals surface area contributed by atoms with Crippen LogP contribution in [0.25, 0.3) is 0 Å². The summed E-state index contributed by atoms with van der Waals surface area (Å²) in [7, 11) is 1.47. The molecule has 0 aliphatic carbocycles. The molecular weight excluding hydrogens is 319 g/mol. The summed E-state index contributed by atoms with van der Waals surface area (Å²) >= 11 is 11.7. The second-order valence-electron chi connectivity index (χ2n) is 5.21. The number of aromatic carboxylic acids is 1. The number of amides is 2. The Labute approximate surface area is 132 Å². The van der Waals surface area contributed by atoms with Crippen LogP contribution < -0.4 is 5.32 Å². The van der Waals surface area contributed by atoms with Crippen LogP contribution in [0.4, 0.5) is 10.5 Å². The van der Waals surface area contributed by atoms with E-state index in [0.29, 0.717) is 0 Å². The first-order valence-corrected chi connectivity index (χ1v) is 6.73. The highest BCUT2D eigenvalue weighted by atomic mass is 35.5. The lowest BCUT2D eigenvalue weighted by atomic mass is 10.1. The first kappa shape index (κ1) is 17.6. The van der Waals surface area contributed by atoms with E-state index in [4.69, 9.17) is 28.3 Å². The average molecular weight is 335 g/mol. The third kappa shape index (κ3) is 5.08. The molecule has 0 atom stereocenters. The Morgan fingerprint density at radius 3 is 2.38 bits per heavy atom. The number of nitrogens with zero attached hydrogens (tertiary/aromatic N) is 1. The molecule has 116 valence electrons. The van der Waals surface area contributed by atoms with Crippen LogP contribution in [0.1, 0.15) is 24.2 Å². The second-order valence-corrected chi connectivity index (χ2v) is 6.06. The van der Waals surface area contributed by atoms with Crippen LogP contribution in [0.2, 0.25) is 10.0 Å². The smallest absolute Gasteiger partial charge is 0.337 e. The molecule has 6 nitrogen and oxygen atoms in total. The predicted molar refractivity (Wildman–Crippen MR) is 81.4 cm³/mol. The van der Waals surface area contributed by atoms with Crippen LogP contribution in [-0.2, 0) is 0 Å². The Balaban J connectivity index is 3.02. The van der Waals surface area contributed by atoms with Crippen LogP contribution in [0.3, 0.4) is 0 Å². The van der Waals surface area contributed by atoms with Crippen molar-refractivity contribution < 1.29 is 19.8 Å². The van der Waals surface area contributed by atoms with Gasteiger partial charge in [0.1, 0.15) is 0 Å². The largest absolute Gasteiger partial charge is 0.478 e. The molecule has 0 aliphatic rings. The van der Waals surface area contributed by atoms with Crippen LogP contribution in [0, 0.1) is 0 Å². The number of halogens is 2. The maximum atomic E-state index is 12.0. The van der Waals surface area contributed by atoms with E-state index in [1.54, 1.807) is 13.8 Å². The van der Waals surface area contributed by atoms with Gasteiger partial charge in [0.25, 0.3) is 0 Å². The highest BCUT2D eigenvalue weighted by Crippen LogP contribution is 2.30. The van der Waals surface area contributed by atoms with Gasteiger partial charge in [-0.05, 0) is 26.0 Å². The van der Waals surface area contributed by atoms with Crippen molar-refractivity contribution in [3.05, 3.63) is 27.7 Å². The monoisotopic (exact) mass is 334 g/mol. The van der Waals surface area contributed by atoms with Crippen molar-refractivity contribution in [1.29, 1.82) is 0 Å². The second kappa shape index (κ2) is 6.51. The third-order valence-electron chi connectivity index (χ3n) is 2.49. The standard InChI is InChI=1S/C13H16Cl2N2O4/c1-13(2,21)6-17(3)12(20)16-10-8(11(18)19)4-7(14)5-9(10)15/h4-5,21H,6H2,1-3H3,(H,16,20)(H,18,19). The molecule has 3 N–H and O–H groups in total. The molecule has 0 spiro atoms. The maximum Gasteiger partial charge on any atom is 0.337 e. The molecule has 0 saturated carbocycles. The number of carboxylic acid groups (broad SMARTS) is 1. The number of rotatable bonds is 4. The molecule has 0 saturated heterocycles. The zero-order valence-corrected chi connectivity index (χ0v) is 13.3. The number of carboxylic acids is 1. The molecule has 0 radical (unpaired) electrons. The summed E-state index contributed by atoms with van der Waals surface area (Å²) in [6, 6.07) is 1.94. The summed E-state index contributed by atoms with van der Waals surface area (Å²) in [5, 5.41) is 21.4. The average Bonchev–Trinajstić information content (AvgIpc) is 2.29. The molecule has 0 fully saturated rings. The zero-order valence-electron chi connectivity index (χ0n) is 11.8. The highest BCUT2D eigenvalue weighted by Gasteiger charge is 2.22. The lowest BCUT2D eigenvalue weighted by molar-refractivity contribution is 0.0550. The molecule has 0 aromatic heterocycles. The highest BCUT2D eigenvalue weighted by molar-refractivity contribution is 6.37. The number of anilines is 1. The molecule has 1 aromatic rings. The summed E-state index contributed by atoms with van der Waals surface area (Å²) in [5.74, 6) is -1.26. The SMILES string of the molecule is CN(CC(C)(C)O)C(=O)Nc1c(Cl)cc(Cl)cc1C(=O)O. The third-order valence-corrected chi connectivity index (χ3v) is 3.00. The molecule has 1 aromatic carbocycles. The molecule has 21 heavy (non-hydrogen) atoms. The van der Waals surface area contributed by atoms with E-state index in [1.807, 2.05) is 0 Å². The minimum absolute atomic E-state index is 0.0184. The Kier molecular flexibility index (Phi) is 5.44. The quantitative estimate of drug-likeness (QED) is 0.789. The Morgan fingerprint density at radius 2 is 1.90 bits per heavy atom. The topological polar surface area (TPSA) is 89.9 Å². The van der Waals surface area contributed by atoms with E-state index in [-0.39, 0.29) is 27.8 Å². The van der Waals surface area contributed by atoms with E-state index in [2.05, 4.69) is 5.32 Å². The van der Waals surface area contributed by atoms with Crippen LogP contribution >= 0.6 is 23.2 Å². The van der Waals surface area contributed by atoms with Crippen LogP contribution in [0.5, 0.6) is 0 Å². The summed E-state index contributed by atoms with van der Waals surface area (Å²) in [6.07, 6.45) is 0. The van der Waals surface area contributed by atoms with Crippen LogP contribution in [-0.4, -0.2) is 46.3 Å². The minimum Gasteiger partial charge on any atom is -0.478 e. The van der Waals surface area contributed by atoms with Gasteiger partial charge in [-0.2, -0.15) is 0 Å². The summed E-state index contributed by atoms with van der Waals surface area (Å²) in [4.78, 5) is 24.4. The molecule has 1 rings (SSSR count). The molecule has 0 bridgehead atoms. The Bertz CT molecular complexity index is 570. The van der Waals surface area contributed by atoms with Gasteiger partial charge in [-0.1, -0.05) is 23.2 Å². The summed E-state index contributed by atoms with van der Waals surface area (Å²) in [6.45, 7) is 3.16. The number of aliphatic hydroxyl groups is 1. The van der Waals surface area contributed by atoms with Gasteiger partial charge in [0.15, 0.2) is 0 Å². The normalized spacial score (nSPS) is 11.1. The maximum absolute atomic E-state index is 12.0. The number of hydrogen-bond acceptors (Lipinski definition) is 3. The lowest BCUT2D eigenvalue weighted by Crippen LogP contribution is -2.41. The van der Waals surface area contributed by atoms with E-state index < -0.39 is 17.6 Å². The summed E-state index contributed by atoms with van der Waals surface area (Å²) in [5.41, 5.74) is -1.33. The van der Waals surface area contributed by atoms with Crippen LogP contribution in [0.15, 0.2) is 12.1 Å². The van der Waals surface area contributed by atoms with Gasteiger partial charge in [-0.25, -0.2) is 9.59 Å². The molecule has 2 amide bonds. The molecule has 0 unspecified atom stereocenters.